The second-order valence-corrected chi connectivity index (χ2v) is 3.92. The van der Waals surface area contributed by atoms with E-state index in [9.17, 15) is 0 Å². The lowest BCUT2D eigenvalue weighted by atomic mass is 9.99. The molecule has 2 rings (SSSR count). The molecule has 0 unspecified atom stereocenters. The molecule has 0 heterocycles. The van der Waals surface area contributed by atoms with Crippen LogP contribution in [-0.2, 0) is 5.41 Å². The van der Waals surface area contributed by atoms with E-state index in [0.717, 1.165) is 5.02 Å². The molecule has 0 aliphatic heterocycles. The minimum atomic E-state index is 0.394. The second-order valence-electron chi connectivity index (χ2n) is 3.48. The molecular weight excluding hydrogens is 156 g/mol. The molecule has 1 saturated carbocycles. The molecule has 0 saturated heterocycles. The predicted octanol–water partition coefficient (Wildman–Crippen LogP) is 3.19. The van der Waals surface area contributed by atoms with Crippen LogP contribution in [0.2, 0.25) is 5.02 Å². The maximum Gasteiger partial charge on any atom is 0.0409 e. The van der Waals surface area contributed by atoms with Crippen LogP contribution >= 0.6 is 11.6 Å². The Morgan fingerprint density at radius 1 is 1.55 bits per heavy atom. The molecule has 0 amide bonds. The summed E-state index contributed by atoms with van der Waals surface area (Å²) in [6.45, 7) is 2.26. The van der Waals surface area contributed by atoms with Crippen molar-refractivity contribution in [1.29, 1.82) is 0 Å². The number of benzene rings is 1. The van der Waals surface area contributed by atoms with E-state index in [1.807, 2.05) is 18.2 Å². The highest BCUT2D eigenvalue weighted by Crippen LogP contribution is 2.47. The van der Waals surface area contributed by atoms with Crippen molar-refractivity contribution in [2.75, 3.05) is 0 Å². The highest BCUT2D eigenvalue weighted by molar-refractivity contribution is 6.30. The van der Waals surface area contributed by atoms with Gasteiger partial charge in [-0.25, -0.2) is 0 Å². The van der Waals surface area contributed by atoms with Crippen molar-refractivity contribution in [2.24, 2.45) is 0 Å². The molecule has 11 heavy (non-hydrogen) atoms. The number of hydrogen-bond donors (Lipinski definition) is 0. The Morgan fingerprint density at radius 2 is 2.27 bits per heavy atom. The van der Waals surface area contributed by atoms with Gasteiger partial charge in [0.2, 0.25) is 0 Å². The zero-order valence-electron chi connectivity index (χ0n) is 6.52. The zero-order valence-corrected chi connectivity index (χ0v) is 7.28. The SMILES string of the molecule is CC1(c2[c]ccc(Cl)c2)CC1. The van der Waals surface area contributed by atoms with Gasteiger partial charge in [0.1, 0.15) is 0 Å². The third-order valence-electron chi connectivity index (χ3n) is 2.41. The Kier molecular flexibility index (Phi) is 1.47. The summed E-state index contributed by atoms with van der Waals surface area (Å²) in [4.78, 5) is 0. The maximum absolute atomic E-state index is 5.86. The van der Waals surface area contributed by atoms with E-state index >= 15 is 0 Å². The van der Waals surface area contributed by atoms with E-state index in [1.54, 1.807) is 0 Å². The smallest absolute Gasteiger partial charge is 0.0409 e. The summed E-state index contributed by atoms with van der Waals surface area (Å²) in [5, 5.41) is 0.826. The van der Waals surface area contributed by atoms with Crippen LogP contribution in [-0.4, -0.2) is 0 Å². The first-order valence-corrected chi connectivity index (χ1v) is 4.26. The molecule has 0 nitrogen and oxygen atoms in total. The largest absolute Gasteiger partial charge is 0.0843 e. The Labute approximate surface area is 72.2 Å². The van der Waals surface area contributed by atoms with Crippen LogP contribution in [0.15, 0.2) is 18.2 Å². The first kappa shape index (κ1) is 7.17. The van der Waals surface area contributed by atoms with Crippen molar-refractivity contribution in [2.45, 2.75) is 25.2 Å². The van der Waals surface area contributed by atoms with Crippen molar-refractivity contribution < 1.29 is 0 Å². The summed E-state index contributed by atoms with van der Waals surface area (Å²) in [5.41, 5.74) is 1.66. The molecule has 1 aromatic rings. The van der Waals surface area contributed by atoms with Crippen LogP contribution < -0.4 is 0 Å². The van der Waals surface area contributed by atoms with E-state index in [4.69, 9.17) is 11.6 Å². The van der Waals surface area contributed by atoms with Gasteiger partial charge in [-0.15, -0.1) is 0 Å². The van der Waals surface area contributed by atoms with Crippen LogP contribution in [0.1, 0.15) is 25.3 Å². The van der Waals surface area contributed by atoms with Crippen molar-refractivity contribution in [1.82, 2.24) is 0 Å². The van der Waals surface area contributed by atoms with Gasteiger partial charge in [0, 0.05) is 5.02 Å². The van der Waals surface area contributed by atoms with E-state index in [-0.39, 0.29) is 0 Å². The Balaban J connectivity index is 2.38. The Morgan fingerprint density at radius 3 is 2.82 bits per heavy atom. The summed E-state index contributed by atoms with van der Waals surface area (Å²) in [6, 6.07) is 9.03. The molecule has 57 valence electrons. The van der Waals surface area contributed by atoms with Gasteiger partial charge in [0.05, 0.1) is 0 Å². The second kappa shape index (κ2) is 2.25. The van der Waals surface area contributed by atoms with Gasteiger partial charge in [-0.1, -0.05) is 24.6 Å². The first-order valence-electron chi connectivity index (χ1n) is 3.88. The standard InChI is InChI=1S/C10H10Cl/c1-10(5-6-10)8-3-2-4-9(11)7-8/h2,4,7H,5-6H2,1H3. The van der Waals surface area contributed by atoms with E-state index in [1.165, 1.54) is 18.4 Å². The van der Waals surface area contributed by atoms with Crippen molar-refractivity contribution >= 4 is 11.6 Å². The Hall–Kier alpha value is -0.490. The molecule has 0 atom stereocenters. The predicted molar refractivity (Wildman–Crippen MR) is 46.9 cm³/mol. The fourth-order valence-corrected chi connectivity index (χ4v) is 1.42. The van der Waals surface area contributed by atoms with E-state index in [0.29, 0.717) is 5.41 Å². The minimum Gasteiger partial charge on any atom is -0.0843 e. The van der Waals surface area contributed by atoms with Gasteiger partial charge >= 0.3 is 0 Å². The molecule has 0 aromatic heterocycles. The number of rotatable bonds is 1. The molecule has 1 aromatic carbocycles. The molecule has 0 N–H and O–H groups in total. The lowest BCUT2D eigenvalue weighted by molar-refractivity contribution is 0.786. The third-order valence-corrected chi connectivity index (χ3v) is 2.65. The van der Waals surface area contributed by atoms with Gasteiger partial charge in [-0.2, -0.15) is 0 Å². The first-order chi connectivity index (χ1) is 5.21. The summed E-state index contributed by atoms with van der Waals surface area (Å²) in [5.74, 6) is 0. The summed E-state index contributed by atoms with van der Waals surface area (Å²) in [7, 11) is 0. The highest BCUT2D eigenvalue weighted by Gasteiger charge is 2.38. The monoisotopic (exact) mass is 165 g/mol. The van der Waals surface area contributed by atoms with E-state index < -0.39 is 0 Å². The van der Waals surface area contributed by atoms with Crippen molar-refractivity contribution in [3.05, 3.63) is 34.9 Å². The quantitative estimate of drug-likeness (QED) is 0.600. The van der Waals surface area contributed by atoms with Gasteiger partial charge < -0.3 is 0 Å². The number of hydrogen-bond acceptors (Lipinski definition) is 0. The Bertz CT molecular complexity index is 274. The van der Waals surface area contributed by atoms with Crippen LogP contribution in [0, 0.1) is 6.07 Å². The molecule has 0 spiro atoms. The number of halogens is 1. The van der Waals surface area contributed by atoms with Crippen LogP contribution in [0.3, 0.4) is 0 Å². The molecule has 1 aliphatic carbocycles. The lowest BCUT2D eigenvalue weighted by Crippen LogP contribution is -1.98. The van der Waals surface area contributed by atoms with Gasteiger partial charge in [-0.05, 0) is 42.0 Å². The summed E-state index contributed by atoms with van der Waals surface area (Å²) in [6.07, 6.45) is 2.56. The fraction of sp³-hybridized carbons (Fsp3) is 0.400. The normalized spacial score (nSPS) is 19.8. The van der Waals surface area contributed by atoms with Crippen LogP contribution in [0.4, 0.5) is 0 Å². The molecule has 1 fully saturated rings. The van der Waals surface area contributed by atoms with Gasteiger partial charge in [0.15, 0.2) is 0 Å². The maximum atomic E-state index is 5.86. The topological polar surface area (TPSA) is 0 Å². The van der Waals surface area contributed by atoms with Crippen molar-refractivity contribution in [3.8, 4) is 0 Å². The van der Waals surface area contributed by atoms with Crippen LogP contribution in [0.5, 0.6) is 0 Å². The average Bonchev–Trinajstić information content (AvgIpc) is 2.70. The minimum absolute atomic E-state index is 0.394. The summed E-state index contributed by atoms with van der Waals surface area (Å²) < 4.78 is 0. The van der Waals surface area contributed by atoms with Gasteiger partial charge in [-0.3, -0.25) is 0 Å². The van der Waals surface area contributed by atoms with E-state index in [2.05, 4.69) is 13.0 Å². The van der Waals surface area contributed by atoms with Crippen LogP contribution in [0.25, 0.3) is 0 Å². The molecule has 1 aliphatic rings. The van der Waals surface area contributed by atoms with Gasteiger partial charge in [0.25, 0.3) is 0 Å². The molecular formula is C10H10Cl. The highest BCUT2D eigenvalue weighted by atomic mass is 35.5. The zero-order chi connectivity index (χ0) is 7.90. The third kappa shape index (κ3) is 1.28. The lowest BCUT2D eigenvalue weighted by Gasteiger charge is -2.07. The van der Waals surface area contributed by atoms with Crippen molar-refractivity contribution in [3.63, 3.8) is 0 Å². The molecule has 0 bridgehead atoms. The summed E-state index contributed by atoms with van der Waals surface area (Å²) >= 11 is 5.86. The molecule has 1 radical (unpaired) electrons. The average molecular weight is 166 g/mol. The fourth-order valence-electron chi connectivity index (χ4n) is 1.24. The molecule has 1 heteroatoms.